The van der Waals surface area contributed by atoms with E-state index in [2.05, 4.69) is 17.4 Å². The van der Waals surface area contributed by atoms with E-state index in [0.717, 1.165) is 26.1 Å². The SMILES string of the molecule is CSc1sc(C(=N)N)cc1NC1(c2ccccc2)CSC=N1. The number of aliphatic imine (C=N–C) groups is 1. The Hall–Kier alpha value is -1.44. The summed E-state index contributed by atoms with van der Waals surface area (Å²) in [5, 5.41) is 11.2. The number of rotatable bonds is 5. The van der Waals surface area contributed by atoms with Gasteiger partial charge in [0.25, 0.3) is 0 Å². The number of nitrogens with two attached hydrogens (primary N) is 1. The smallest absolute Gasteiger partial charge is 0.165 e. The van der Waals surface area contributed by atoms with Crippen molar-refractivity contribution < 1.29 is 0 Å². The zero-order chi connectivity index (χ0) is 15.6. The number of benzene rings is 1. The molecule has 1 aromatic heterocycles. The Morgan fingerprint density at radius 3 is 2.77 bits per heavy atom. The van der Waals surface area contributed by atoms with Gasteiger partial charge in [0.05, 0.1) is 20.3 Å². The molecule has 0 aliphatic carbocycles. The number of hydrogen-bond acceptors (Lipinski definition) is 6. The Labute approximate surface area is 142 Å². The number of hydrogen-bond donors (Lipinski definition) is 3. The number of thioether (sulfide) groups is 2. The molecule has 22 heavy (non-hydrogen) atoms. The largest absolute Gasteiger partial charge is 0.383 e. The minimum absolute atomic E-state index is 0.103. The Morgan fingerprint density at radius 1 is 1.41 bits per heavy atom. The van der Waals surface area contributed by atoms with Gasteiger partial charge in [0.2, 0.25) is 0 Å². The molecule has 4 nitrogen and oxygen atoms in total. The van der Waals surface area contributed by atoms with E-state index in [1.165, 1.54) is 11.3 Å². The first kappa shape index (κ1) is 15.5. The lowest BCUT2D eigenvalue weighted by Crippen LogP contribution is -2.33. The summed E-state index contributed by atoms with van der Waals surface area (Å²) in [4.78, 5) is 5.48. The van der Waals surface area contributed by atoms with Gasteiger partial charge in [-0.2, -0.15) is 0 Å². The molecular weight excluding hydrogens is 332 g/mol. The molecule has 1 unspecified atom stereocenters. The van der Waals surface area contributed by atoms with Crippen LogP contribution >= 0.6 is 34.9 Å². The molecule has 7 heteroatoms. The molecule has 1 aromatic carbocycles. The van der Waals surface area contributed by atoms with Crippen LogP contribution in [0, 0.1) is 5.41 Å². The molecule has 114 valence electrons. The molecule has 1 aliphatic heterocycles. The van der Waals surface area contributed by atoms with Crippen LogP contribution in [0.15, 0.2) is 45.6 Å². The van der Waals surface area contributed by atoms with Gasteiger partial charge in [-0.3, -0.25) is 10.4 Å². The molecule has 0 spiro atoms. The van der Waals surface area contributed by atoms with E-state index in [-0.39, 0.29) is 5.84 Å². The predicted octanol–water partition coefficient (Wildman–Crippen LogP) is 3.79. The topological polar surface area (TPSA) is 74.3 Å². The Bertz CT molecular complexity index is 711. The first-order valence-electron chi connectivity index (χ1n) is 6.66. The van der Waals surface area contributed by atoms with Gasteiger partial charge in [-0.15, -0.1) is 34.9 Å². The fourth-order valence-corrected chi connectivity index (χ4v) is 4.83. The number of thiophene rings is 1. The molecule has 2 heterocycles. The molecule has 0 saturated carbocycles. The summed E-state index contributed by atoms with van der Waals surface area (Å²) in [5.74, 6) is 0.946. The second-order valence-electron chi connectivity index (χ2n) is 4.83. The van der Waals surface area contributed by atoms with Crippen molar-refractivity contribution in [2.45, 2.75) is 9.87 Å². The minimum Gasteiger partial charge on any atom is -0.383 e. The molecule has 1 atom stereocenters. The van der Waals surface area contributed by atoms with Crippen LogP contribution in [-0.4, -0.2) is 23.4 Å². The Balaban J connectivity index is 1.99. The summed E-state index contributed by atoms with van der Waals surface area (Å²) in [7, 11) is 0. The van der Waals surface area contributed by atoms with Crippen molar-refractivity contribution in [1.82, 2.24) is 0 Å². The molecule has 3 rings (SSSR count). The average Bonchev–Trinajstić information content (AvgIpc) is 3.16. The third kappa shape index (κ3) is 2.88. The molecule has 1 aliphatic rings. The number of anilines is 1. The van der Waals surface area contributed by atoms with Crippen LogP contribution in [0.1, 0.15) is 10.4 Å². The van der Waals surface area contributed by atoms with Crippen molar-refractivity contribution in [2.75, 3.05) is 17.3 Å². The molecule has 0 amide bonds. The van der Waals surface area contributed by atoms with E-state index >= 15 is 0 Å². The van der Waals surface area contributed by atoms with Gasteiger partial charge in [-0.05, 0) is 12.3 Å². The van der Waals surface area contributed by atoms with E-state index in [0.29, 0.717) is 0 Å². The summed E-state index contributed by atoms with van der Waals surface area (Å²) in [5.41, 5.74) is 9.20. The van der Waals surface area contributed by atoms with Crippen LogP contribution in [0.2, 0.25) is 0 Å². The van der Waals surface area contributed by atoms with Gasteiger partial charge < -0.3 is 11.1 Å². The van der Waals surface area contributed by atoms with Crippen molar-refractivity contribution >= 4 is 51.9 Å². The monoisotopic (exact) mass is 348 g/mol. The van der Waals surface area contributed by atoms with Crippen LogP contribution in [0.5, 0.6) is 0 Å². The van der Waals surface area contributed by atoms with E-state index < -0.39 is 5.66 Å². The van der Waals surface area contributed by atoms with Gasteiger partial charge >= 0.3 is 0 Å². The predicted molar refractivity (Wildman–Crippen MR) is 99.8 cm³/mol. The molecule has 4 N–H and O–H groups in total. The van der Waals surface area contributed by atoms with Crippen molar-refractivity contribution in [1.29, 1.82) is 5.41 Å². The minimum atomic E-state index is -0.453. The van der Waals surface area contributed by atoms with Crippen LogP contribution in [0.25, 0.3) is 0 Å². The van der Waals surface area contributed by atoms with Crippen LogP contribution in [-0.2, 0) is 5.66 Å². The Kier molecular flexibility index (Phi) is 4.46. The maximum Gasteiger partial charge on any atom is 0.165 e. The second kappa shape index (κ2) is 6.36. The highest BCUT2D eigenvalue weighted by Gasteiger charge is 2.35. The zero-order valence-electron chi connectivity index (χ0n) is 12.0. The first-order chi connectivity index (χ1) is 10.6. The molecular formula is C15H16N4S3. The van der Waals surface area contributed by atoms with Crippen LogP contribution < -0.4 is 11.1 Å². The lowest BCUT2D eigenvalue weighted by Gasteiger charge is -2.28. The van der Waals surface area contributed by atoms with E-state index in [1.807, 2.05) is 36.1 Å². The summed E-state index contributed by atoms with van der Waals surface area (Å²) in [6.45, 7) is 0. The third-order valence-corrected chi connectivity index (χ3v) is 6.52. The normalized spacial score (nSPS) is 20.2. The third-order valence-electron chi connectivity index (χ3n) is 3.38. The van der Waals surface area contributed by atoms with Gasteiger partial charge in [-0.25, -0.2) is 0 Å². The quantitative estimate of drug-likeness (QED) is 0.436. The highest BCUT2D eigenvalue weighted by Crippen LogP contribution is 2.41. The number of nitrogens with zero attached hydrogens (tertiary/aromatic N) is 1. The Morgan fingerprint density at radius 2 is 2.18 bits per heavy atom. The summed E-state index contributed by atoms with van der Waals surface area (Å²) >= 11 is 4.89. The maximum atomic E-state index is 7.64. The lowest BCUT2D eigenvalue weighted by molar-refractivity contribution is 0.599. The van der Waals surface area contributed by atoms with Crippen molar-refractivity contribution in [2.24, 2.45) is 10.7 Å². The van der Waals surface area contributed by atoms with Gasteiger partial charge in [0.15, 0.2) is 5.66 Å². The van der Waals surface area contributed by atoms with Crippen LogP contribution in [0.3, 0.4) is 0 Å². The summed E-state index contributed by atoms with van der Waals surface area (Å²) < 4.78 is 1.12. The fourth-order valence-electron chi connectivity index (χ4n) is 2.30. The number of nitrogen functional groups attached to an aromatic ring is 1. The average molecular weight is 349 g/mol. The summed E-state index contributed by atoms with van der Waals surface area (Å²) in [6, 6.07) is 12.2. The highest BCUT2D eigenvalue weighted by molar-refractivity contribution is 8.12. The second-order valence-corrected chi connectivity index (χ2v) is 7.79. The van der Waals surface area contributed by atoms with Gasteiger partial charge in [0.1, 0.15) is 5.84 Å². The summed E-state index contributed by atoms with van der Waals surface area (Å²) in [6.07, 6.45) is 2.03. The van der Waals surface area contributed by atoms with E-state index in [9.17, 15) is 0 Å². The molecule has 0 fully saturated rings. The lowest BCUT2D eigenvalue weighted by atomic mass is 10.0. The van der Waals surface area contributed by atoms with Crippen molar-refractivity contribution in [3.63, 3.8) is 0 Å². The van der Waals surface area contributed by atoms with Gasteiger partial charge in [-0.1, -0.05) is 30.3 Å². The first-order valence-corrected chi connectivity index (χ1v) is 9.75. The molecule has 2 aromatic rings. The highest BCUT2D eigenvalue weighted by atomic mass is 32.2. The fraction of sp³-hybridized carbons (Fsp3) is 0.200. The van der Waals surface area contributed by atoms with Gasteiger partial charge in [0, 0.05) is 11.3 Å². The van der Waals surface area contributed by atoms with Crippen molar-refractivity contribution in [3.05, 3.63) is 46.8 Å². The number of nitrogens with one attached hydrogen (secondary N) is 2. The van der Waals surface area contributed by atoms with Crippen LogP contribution in [0.4, 0.5) is 5.69 Å². The van der Waals surface area contributed by atoms with Crippen molar-refractivity contribution in [3.8, 4) is 0 Å². The van der Waals surface area contributed by atoms with E-state index in [4.69, 9.17) is 16.1 Å². The molecule has 0 saturated heterocycles. The maximum absolute atomic E-state index is 7.64. The zero-order valence-corrected chi connectivity index (χ0v) is 14.4. The number of amidine groups is 1. The molecule has 0 radical (unpaired) electrons. The standard InChI is InChI=1S/C15H16N4S3/c1-20-14-11(7-12(22-14)13(16)17)19-15(8-21-9-18-15)10-5-3-2-4-6-10/h2-7,9,19H,8H2,1H3,(H3,16,17). The molecule has 0 bridgehead atoms. The van der Waals surface area contributed by atoms with E-state index in [1.54, 1.807) is 23.5 Å².